The number of nitrogens with zero attached hydrogens (tertiary/aromatic N) is 2. The number of benzene rings is 2. The van der Waals surface area contributed by atoms with Gasteiger partial charge in [-0.1, -0.05) is 48.8 Å². The van der Waals surface area contributed by atoms with Crippen molar-refractivity contribution in [1.29, 1.82) is 0 Å². The Balaban J connectivity index is 1.49. The van der Waals surface area contributed by atoms with E-state index in [-0.39, 0.29) is 6.01 Å². The van der Waals surface area contributed by atoms with Gasteiger partial charge in [0.15, 0.2) is 0 Å². The number of anilines is 2. The highest BCUT2D eigenvalue weighted by molar-refractivity contribution is 5.98. The SMILES string of the molecule is CCCCOc1ccc(NC(=O)Nc2nnc(Cc3ccccc3)o2)cc1. The molecule has 0 saturated carbocycles. The Kier molecular flexibility index (Phi) is 6.40. The van der Waals surface area contributed by atoms with E-state index in [2.05, 4.69) is 27.8 Å². The first-order chi connectivity index (χ1) is 13.2. The van der Waals surface area contributed by atoms with E-state index in [1.165, 1.54) is 0 Å². The molecule has 0 bridgehead atoms. The number of nitrogens with one attached hydrogen (secondary N) is 2. The fraction of sp³-hybridized carbons (Fsp3) is 0.250. The number of rotatable bonds is 8. The molecule has 7 nitrogen and oxygen atoms in total. The maximum absolute atomic E-state index is 12.1. The Bertz CT molecular complexity index is 847. The number of amides is 2. The van der Waals surface area contributed by atoms with Gasteiger partial charge in [-0.3, -0.25) is 5.32 Å². The van der Waals surface area contributed by atoms with Crippen LogP contribution in [0.1, 0.15) is 31.2 Å². The second-order valence-corrected chi connectivity index (χ2v) is 5.97. The summed E-state index contributed by atoms with van der Waals surface area (Å²) in [6.07, 6.45) is 2.61. The van der Waals surface area contributed by atoms with Gasteiger partial charge in [-0.05, 0) is 36.2 Å². The zero-order valence-electron chi connectivity index (χ0n) is 15.1. The molecule has 0 aliphatic carbocycles. The third-order valence-corrected chi connectivity index (χ3v) is 3.76. The zero-order chi connectivity index (χ0) is 18.9. The van der Waals surface area contributed by atoms with Crippen molar-refractivity contribution in [2.75, 3.05) is 17.2 Å². The Morgan fingerprint density at radius 1 is 1.04 bits per heavy atom. The van der Waals surface area contributed by atoms with Gasteiger partial charge in [0, 0.05) is 5.69 Å². The predicted octanol–water partition coefficient (Wildman–Crippen LogP) is 4.48. The van der Waals surface area contributed by atoms with Crippen LogP contribution in [0.15, 0.2) is 59.0 Å². The minimum Gasteiger partial charge on any atom is -0.494 e. The highest BCUT2D eigenvalue weighted by Gasteiger charge is 2.10. The average molecular weight is 366 g/mol. The molecule has 0 spiro atoms. The third kappa shape index (κ3) is 5.85. The van der Waals surface area contributed by atoms with Crippen LogP contribution in [0.25, 0.3) is 0 Å². The van der Waals surface area contributed by atoms with Crippen molar-refractivity contribution in [2.45, 2.75) is 26.2 Å². The molecule has 1 heterocycles. The van der Waals surface area contributed by atoms with Gasteiger partial charge >= 0.3 is 12.0 Å². The number of ether oxygens (including phenoxy) is 1. The summed E-state index contributed by atoms with van der Waals surface area (Å²) in [6, 6.07) is 16.5. The van der Waals surface area contributed by atoms with Crippen LogP contribution in [0.2, 0.25) is 0 Å². The molecular weight excluding hydrogens is 344 g/mol. The maximum Gasteiger partial charge on any atom is 0.327 e. The van der Waals surface area contributed by atoms with Crippen molar-refractivity contribution in [3.8, 4) is 5.75 Å². The number of carbonyl (C=O) groups excluding carboxylic acids is 1. The number of hydrogen-bond donors (Lipinski definition) is 2. The summed E-state index contributed by atoms with van der Waals surface area (Å²) in [5, 5.41) is 13.0. The molecule has 2 amide bonds. The van der Waals surface area contributed by atoms with Crippen molar-refractivity contribution in [2.24, 2.45) is 0 Å². The second kappa shape index (κ2) is 9.38. The molecular formula is C20H22N4O3. The molecule has 0 unspecified atom stereocenters. The lowest BCUT2D eigenvalue weighted by Gasteiger charge is -2.07. The molecule has 0 radical (unpaired) electrons. The molecule has 1 aromatic heterocycles. The smallest absolute Gasteiger partial charge is 0.327 e. The van der Waals surface area contributed by atoms with Gasteiger partial charge in [-0.2, -0.15) is 0 Å². The van der Waals surface area contributed by atoms with Gasteiger partial charge in [0.05, 0.1) is 13.0 Å². The van der Waals surface area contributed by atoms with E-state index in [9.17, 15) is 4.79 Å². The standard InChI is InChI=1S/C20H22N4O3/c1-2-3-13-26-17-11-9-16(10-12-17)21-19(25)22-20-24-23-18(27-20)14-15-7-5-4-6-8-15/h4-12H,2-3,13-14H2,1H3,(H2,21,22,24,25). The summed E-state index contributed by atoms with van der Waals surface area (Å²) in [7, 11) is 0. The van der Waals surface area contributed by atoms with Gasteiger partial charge in [0.25, 0.3) is 0 Å². The first-order valence-corrected chi connectivity index (χ1v) is 8.90. The summed E-state index contributed by atoms with van der Waals surface area (Å²) < 4.78 is 11.0. The van der Waals surface area contributed by atoms with Crippen LogP contribution in [0, 0.1) is 0 Å². The fourth-order valence-electron chi connectivity index (χ4n) is 2.37. The quantitative estimate of drug-likeness (QED) is 0.574. The van der Waals surface area contributed by atoms with E-state index in [4.69, 9.17) is 9.15 Å². The summed E-state index contributed by atoms with van der Waals surface area (Å²) in [4.78, 5) is 12.1. The van der Waals surface area contributed by atoms with E-state index < -0.39 is 6.03 Å². The molecule has 2 aromatic carbocycles. The zero-order valence-corrected chi connectivity index (χ0v) is 15.1. The lowest BCUT2D eigenvalue weighted by molar-refractivity contribution is 0.261. The Morgan fingerprint density at radius 3 is 2.56 bits per heavy atom. The molecule has 140 valence electrons. The Morgan fingerprint density at radius 2 is 1.81 bits per heavy atom. The largest absolute Gasteiger partial charge is 0.494 e. The minimum atomic E-state index is -0.454. The van der Waals surface area contributed by atoms with Crippen LogP contribution >= 0.6 is 0 Å². The first kappa shape index (κ1) is 18.4. The highest BCUT2D eigenvalue weighted by Crippen LogP contribution is 2.17. The van der Waals surface area contributed by atoms with E-state index >= 15 is 0 Å². The van der Waals surface area contributed by atoms with Gasteiger partial charge in [-0.25, -0.2) is 4.79 Å². The van der Waals surface area contributed by atoms with Crippen molar-refractivity contribution >= 4 is 17.7 Å². The molecule has 0 atom stereocenters. The van der Waals surface area contributed by atoms with E-state index in [0.29, 0.717) is 24.6 Å². The topological polar surface area (TPSA) is 89.3 Å². The highest BCUT2D eigenvalue weighted by atomic mass is 16.5. The minimum absolute atomic E-state index is 0.0537. The van der Waals surface area contributed by atoms with E-state index in [1.807, 2.05) is 42.5 Å². The normalized spacial score (nSPS) is 10.4. The maximum atomic E-state index is 12.1. The van der Waals surface area contributed by atoms with Crippen LogP contribution in [0.5, 0.6) is 5.75 Å². The van der Waals surface area contributed by atoms with E-state index in [0.717, 1.165) is 24.2 Å². The molecule has 0 aliphatic heterocycles. The van der Waals surface area contributed by atoms with Crippen LogP contribution in [0.4, 0.5) is 16.5 Å². The summed E-state index contributed by atoms with van der Waals surface area (Å²) in [5.41, 5.74) is 1.69. The van der Waals surface area contributed by atoms with Gasteiger partial charge in [0.2, 0.25) is 5.89 Å². The monoisotopic (exact) mass is 366 g/mol. The number of urea groups is 1. The van der Waals surface area contributed by atoms with Crippen LogP contribution in [-0.4, -0.2) is 22.8 Å². The Hall–Kier alpha value is -3.35. The van der Waals surface area contributed by atoms with Gasteiger partial charge in [-0.15, -0.1) is 5.10 Å². The van der Waals surface area contributed by atoms with Crippen molar-refractivity contribution in [1.82, 2.24) is 10.2 Å². The summed E-state index contributed by atoms with van der Waals surface area (Å²) in [6.45, 7) is 2.80. The van der Waals surface area contributed by atoms with Crippen LogP contribution in [-0.2, 0) is 6.42 Å². The molecule has 2 N–H and O–H groups in total. The third-order valence-electron chi connectivity index (χ3n) is 3.76. The molecule has 27 heavy (non-hydrogen) atoms. The lowest BCUT2D eigenvalue weighted by Crippen LogP contribution is -2.19. The van der Waals surface area contributed by atoms with Crippen molar-refractivity contribution in [3.63, 3.8) is 0 Å². The average Bonchev–Trinajstić information content (AvgIpc) is 3.11. The summed E-state index contributed by atoms with van der Waals surface area (Å²) >= 11 is 0. The van der Waals surface area contributed by atoms with Gasteiger partial charge in [0.1, 0.15) is 5.75 Å². The second-order valence-electron chi connectivity index (χ2n) is 5.97. The first-order valence-electron chi connectivity index (χ1n) is 8.90. The van der Waals surface area contributed by atoms with Crippen LogP contribution in [0.3, 0.4) is 0 Å². The number of unbranched alkanes of at least 4 members (excludes halogenated alkanes) is 1. The lowest BCUT2D eigenvalue weighted by atomic mass is 10.2. The number of hydrogen-bond acceptors (Lipinski definition) is 5. The number of carbonyl (C=O) groups is 1. The van der Waals surface area contributed by atoms with Crippen molar-refractivity contribution < 1.29 is 13.9 Å². The fourth-order valence-corrected chi connectivity index (χ4v) is 2.37. The molecule has 0 saturated heterocycles. The number of aromatic nitrogens is 2. The molecule has 7 heteroatoms. The Labute approximate surface area is 157 Å². The molecule has 3 rings (SSSR count). The molecule has 0 fully saturated rings. The molecule has 0 aliphatic rings. The van der Waals surface area contributed by atoms with Crippen molar-refractivity contribution in [3.05, 3.63) is 66.1 Å². The predicted molar refractivity (Wildman–Crippen MR) is 103 cm³/mol. The van der Waals surface area contributed by atoms with Crippen LogP contribution < -0.4 is 15.4 Å². The molecule has 3 aromatic rings. The van der Waals surface area contributed by atoms with Gasteiger partial charge < -0.3 is 14.5 Å². The summed E-state index contributed by atoms with van der Waals surface area (Å²) in [5.74, 6) is 1.21. The van der Waals surface area contributed by atoms with E-state index in [1.54, 1.807) is 12.1 Å².